The third-order valence-corrected chi connectivity index (χ3v) is 8.35. The minimum atomic E-state index is -0.928. The average molecular weight is 470 g/mol. The Balaban J connectivity index is 1.45. The quantitative estimate of drug-likeness (QED) is 0.512. The molecule has 1 aromatic heterocycles. The number of hydroxylamine groups is 1. The number of carbonyl (C=O) groups excluding carboxylic acids is 2. The molecule has 6 nitrogen and oxygen atoms in total. The Labute approximate surface area is 201 Å². The van der Waals surface area contributed by atoms with E-state index in [1.54, 1.807) is 5.06 Å². The Morgan fingerprint density at radius 2 is 1.74 bits per heavy atom. The lowest BCUT2D eigenvalue weighted by molar-refractivity contribution is -0.126. The van der Waals surface area contributed by atoms with Crippen LogP contribution in [0.4, 0.5) is 10.7 Å². The number of nitrogens with zero attached hydrogens (tertiary/aromatic N) is 3. The first kappa shape index (κ1) is 21.1. The molecule has 3 aliphatic rings. The third kappa shape index (κ3) is 3.03. The summed E-state index contributed by atoms with van der Waals surface area (Å²) in [6.45, 7) is 1.99. The van der Waals surface area contributed by atoms with Gasteiger partial charge in [-0.1, -0.05) is 48.5 Å². The Hall–Kier alpha value is -3.47. The van der Waals surface area contributed by atoms with Crippen LogP contribution < -0.4 is 9.96 Å². The van der Waals surface area contributed by atoms with Gasteiger partial charge in [0.1, 0.15) is 17.0 Å². The Morgan fingerprint density at radius 1 is 1.00 bits per heavy atom. The van der Waals surface area contributed by atoms with Gasteiger partial charge >= 0.3 is 0 Å². The summed E-state index contributed by atoms with van der Waals surface area (Å²) in [5.74, 6) is -1.38. The van der Waals surface area contributed by atoms with Crippen LogP contribution in [0, 0.1) is 24.2 Å². The van der Waals surface area contributed by atoms with Crippen molar-refractivity contribution >= 4 is 33.8 Å². The second kappa shape index (κ2) is 8.08. The maximum atomic E-state index is 13.9. The minimum Gasteiger partial charge on any atom is -0.273 e. The molecule has 0 saturated carbocycles. The fraction of sp³-hybridized carbons (Fsp3) is 0.296. The summed E-state index contributed by atoms with van der Waals surface area (Å²) in [5.41, 5.74) is 4.23. The molecule has 34 heavy (non-hydrogen) atoms. The van der Waals surface area contributed by atoms with E-state index in [1.165, 1.54) is 16.2 Å². The number of para-hydroxylation sites is 1. The second-order valence-corrected chi connectivity index (χ2v) is 10.1. The first-order chi connectivity index (χ1) is 16.6. The number of hydrogen-bond acceptors (Lipinski definition) is 6. The van der Waals surface area contributed by atoms with E-state index in [0.29, 0.717) is 10.6 Å². The van der Waals surface area contributed by atoms with Gasteiger partial charge < -0.3 is 0 Å². The van der Waals surface area contributed by atoms with E-state index in [0.717, 1.165) is 52.9 Å². The zero-order valence-corrected chi connectivity index (χ0v) is 19.5. The van der Waals surface area contributed by atoms with Gasteiger partial charge in [-0.3, -0.25) is 14.4 Å². The predicted octanol–water partition coefficient (Wildman–Crippen LogP) is 4.86. The van der Waals surface area contributed by atoms with Crippen molar-refractivity contribution in [1.29, 1.82) is 5.26 Å². The van der Waals surface area contributed by atoms with Crippen molar-refractivity contribution in [3.63, 3.8) is 0 Å². The van der Waals surface area contributed by atoms with Crippen LogP contribution in [0.25, 0.3) is 0 Å². The number of benzene rings is 2. The molecule has 170 valence electrons. The molecule has 3 aromatic rings. The van der Waals surface area contributed by atoms with Gasteiger partial charge in [-0.25, -0.2) is 9.96 Å². The maximum Gasteiger partial charge on any atom is 0.267 e. The fourth-order valence-electron chi connectivity index (χ4n) is 5.45. The molecule has 2 amide bonds. The van der Waals surface area contributed by atoms with Gasteiger partial charge in [-0.05, 0) is 55.4 Å². The molecule has 0 radical (unpaired) electrons. The van der Waals surface area contributed by atoms with E-state index in [2.05, 4.69) is 6.07 Å². The van der Waals surface area contributed by atoms with Gasteiger partial charge in [0, 0.05) is 4.88 Å². The van der Waals surface area contributed by atoms with Crippen molar-refractivity contribution in [3.05, 3.63) is 81.7 Å². The summed E-state index contributed by atoms with van der Waals surface area (Å²) in [6.07, 6.45) is 2.87. The Bertz CT molecular complexity index is 1340. The number of anilines is 2. The van der Waals surface area contributed by atoms with Crippen LogP contribution >= 0.6 is 11.3 Å². The normalized spacial score (nSPS) is 23.7. The highest BCUT2D eigenvalue weighted by Crippen LogP contribution is 2.50. The summed E-state index contributed by atoms with van der Waals surface area (Å²) in [7, 11) is 0. The molecule has 3 atom stereocenters. The van der Waals surface area contributed by atoms with Crippen LogP contribution in [-0.4, -0.2) is 17.9 Å². The van der Waals surface area contributed by atoms with E-state index >= 15 is 0 Å². The topological polar surface area (TPSA) is 73.6 Å². The number of thiophene rings is 1. The lowest BCUT2D eigenvalue weighted by Crippen LogP contribution is -2.37. The van der Waals surface area contributed by atoms with Gasteiger partial charge in [0.25, 0.3) is 5.91 Å². The van der Waals surface area contributed by atoms with E-state index < -0.39 is 18.1 Å². The number of aryl methyl sites for hydroxylation is 2. The van der Waals surface area contributed by atoms with Crippen LogP contribution in [-0.2, 0) is 27.3 Å². The molecular formula is C27H23N3O3S. The summed E-state index contributed by atoms with van der Waals surface area (Å²) >= 11 is 1.42. The van der Waals surface area contributed by atoms with Crippen molar-refractivity contribution in [2.45, 2.75) is 44.8 Å². The summed E-state index contributed by atoms with van der Waals surface area (Å²) in [5, 5.41) is 12.1. The van der Waals surface area contributed by atoms with Crippen molar-refractivity contribution in [2.75, 3.05) is 9.96 Å². The van der Waals surface area contributed by atoms with Crippen molar-refractivity contribution < 1.29 is 14.4 Å². The average Bonchev–Trinajstić information content (AvgIpc) is 3.50. The SMILES string of the molecule is Cc1ccccc1N1O[C@@H]2C(=O)N(c3sc4c(c3C#N)CCCC4)C(=O)[C@H]2[C@@H]1c1ccccc1. The summed E-state index contributed by atoms with van der Waals surface area (Å²) in [4.78, 5) is 36.2. The molecule has 2 aliphatic heterocycles. The molecule has 3 heterocycles. The first-order valence-electron chi connectivity index (χ1n) is 11.6. The molecule has 0 unspecified atom stereocenters. The van der Waals surface area contributed by atoms with Crippen molar-refractivity contribution in [2.24, 2.45) is 5.92 Å². The van der Waals surface area contributed by atoms with Crippen LogP contribution in [0.3, 0.4) is 0 Å². The number of hydrogen-bond donors (Lipinski definition) is 0. The highest BCUT2D eigenvalue weighted by atomic mass is 32.1. The summed E-state index contributed by atoms with van der Waals surface area (Å²) in [6, 6.07) is 19.4. The summed E-state index contributed by atoms with van der Waals surface area (Å²) < 4.78 is 0. The van der Waals surface area contributed by atoms with Gasteiger partial charge in [0.15, 0.2) is 6.10 Å². The van der Waals surface area contributed by atoms with Gasteiger partial charge in [-0.15, -0.1) is 11.3 Å². The minimum absolute atomic E-state index is 0.296. The fourth-order valence-corrected chi connectivity index (χ4v) is 6.80. The molecule has 0 spiro atoms. The smallest absolute Gasteiger partial charge is 0.267 e. The molecule has 2 saturated heterocycles. The molecule has 0 N–H and O–H groups in total. The molecule has 7 heteroatoms. The number of rotatable bonds is 3. The lowest BCUT2D eigenvalue weighted by atomic mass is 9.90. The van der Waals surface area contributed by atoms with Crippen molar-refractivity contribution in [1.82, 2.24) is 0 Å². The standard InChI is InChI=1S/C27H23N3O3S/c1-16-9-5-7-13-20(16)30-23(17-10-3-2-4-11-17)22-24(33-30)26(32)29(25(22)31)27-19(15-28)18-12-6-8-14-21(18)34-27/h2-5,7,9-11,13,22-24H,6,8,12,14H2,1H3/t22-,23-,24-/m0/s1. The number of carbonyl (C=O) groups is 2. The maximum absolute atomic E-state index is 13.9. The molecule has 2 fully saturated rings. The van der Waals surface area contributed by atoms with Crippen LogP contribution in [0.1, 0.15) is 46.0 Å². The van der Waals surface area contributed by atoms with E-state index in [9.17, 15) is 14.9 Å². The Kier molecular flexibility index (Phi) is 5.01. The molecule has 2 aromatic carbocycles. The molecule has 6 rings (SSSR count). The van der Waals surface area contributed by atoms with E-state index in [4.69, 9.17) is 4.84 Å². The zero-order valence-electron chi connectivity index (χ0n) is 18.7. The highest BCUT2D eigenvalue weighted by molar-refractivity contribution is 7.17. The van der Waals surface area contributed by atoms with Crippen LogP contribution in [0.5, 0.6) is 0 Å². The Morgan fingerprint density at radius 3 is 2.50 bits per heavy atom. The largest absolute Gasteiger partial charge is 0.273 e. The van der Waals surface area contributed by atoms with E-state index in [-0.39, 0.29) is 11.8 Å². The third-order valence-electron chi connectivity index (χ3n) is 7.08. The number of imide groups is 1. The van der Waals surface area contributed by atoms with Crippen LogP contribution in [0.2, 0.25) is 0 Å². The molecule has 0 bridgehead atoms. The molecular weight excluding hydrogens is 446 g/mol. The van der Waals surface area contributed by atoms with Crippen molar-refractivity contribution in [3.8, 4) is 6.07 Å². The van der Waals surface area contributed by atoms with Gasteiger partial charge in [-0.2, -0.15) is 5.26 Å². The van der Waals surface area contributed by atoms with Gasteiger partial charge in [0.05, 0.1) is 17.3 Å². The second-order valence-electron chi connectivity index (χ2n) is 9.03. The molecule has 1 aliphatic carbocycles. The monoisotopic (exact) mass is 469 g/mol. The lowest BCUT2D eigenvalue weighted by Gasteiger charge is -2.29. The predicted molar refractivity (Wildman–Crippen MR) is 129 cm³/mol. The van der Waals surface area contributed by atoms with Gasteiger partial charge in [0.2, 0.25) is 5.91 Å². The number of amides is 2. The van der Waals surface area contributed by atoms with E-state index in [1.807, 2.05) is 61.5 Å². The number of nitriles is 1. The zero-order chi connectivity index (χ0) is 23.4. The highest BCUT2D eigenvalue weighted by Gasteiger charge is 2.61. The number of fused-ring (bicyclic) bond motifs is 2. The van der Waals surface area contributed by atoms with Crippen LogP contribution in [0.15, 0.2) is 54.6 Å². The first-order valence-corrected chi connectivity index (χ1v) is 12.4.